The molecule has 0 heterocycles. The highest BCUT2D eigenvalue weighted by Crippen LogP contribution is 2.32. The molecule has 0 radical (unpaired) electrons. The Morgan fingerprint density at radius 3 is 2.43 bits per heavy atom. The van der Waals surface area contributed by atoms with Gasteiger partial charge in [-0.25, -0.2) is 4.39 Å². The average Bonchev–Trinajstić information content (AvgIpc) is 2.94. The molecule has 1 aliphatic rings. The summed E-state index contributed by atoms with van der Waals surface area (Å²) in [5, 5.41) is 10.4. The van der Waals surface area contributed by atoms with Gasteiger partial charge in [0.25, 0.3) is 0 Å². The van der Waals surface area contributed by atoms with Crippen LogP contribution >= 0.6 is 0 Å². The molecule has 2 rings (SSSR count). The lowest BCUT2D eigenvalue weighted by atomic mass is 9.97. The molecule has 23 heavy (non-hydrogen) atoms. The van der Waals surface area contributed by atoms with E-state index in [2.05, 4.69) is 0 Å². The van der Waals surface area contributed by atoms with Crippen molar-refractivity contribution in [2.75, 3.05) is 27.7 Å². The minimum Gasteiger partial charge on any atom is -0.390 e. The molecule has 1 N–H and O–H groups in total. The topological polar surface area (TPSA) is 43.8 Å². The summed E-state index contributed by atoms with van der Waals surface area (Å²) in [6.45, 7) is 0.480. The highest BCUT2D eigenvalue weighted by atomic mass is 19.1. The summed E-state index contributed by atoms with van der Waals surface area (Å²) < 4.78 is 14.1. The van der Waals surface area contributed by atoms with Crippen LogP contribution in [0.1, 0.15) is 43.7 Å². The standard InChI is InChI=1S/C18H27FN2O2/c1-20(2)16(14-8-4-5-9-15(14)19)17(22)21(3)13-12-18(23)10-6-7-11-18/h4-5,8-9,16,23H,6-7,10-13H2,1-3H3. The Morgan fingerprint density at radius 1 is 1.26 bits per heavy atom. The van der Waals surface area contributed by atoms with Gasteiger partial charge in [-0.05, 0) is 39.4 Å². The Bertz CT molecular complexity index is 542. The predicted octanol–water partition coefficient (Wildman–Crippen LogP) is 2.58. The van der Waals surface area contributed by atoms with Gasteiger partial charge in [0.15, 0.2) is 0 Å². The van der Waals surface area contributed by atoms with E-state index in [4.69, 9.17) is 0 Å². The van der Waals surface area contributed by atoms with E-state index < -0.39 is 11.6 Å². The lowest BCUT2D eigenvalue weighted by molar-refractivity contribution is -0.135. The molecule has 0 saturated heterocycles. The Morgan fingerprint density at radius 2 is 1.87 bits per heavy atom. The summed E-state index contributed by atoms with van der Waals surface area (Å²) in [5.41, 5.74) is -0.255. The molecule has 0 aliphatic heterocycles. The summed E-state index contributed by atoms with van der Waals surface area (Å²) in [6.07, 6.45) is 4.28. The van der Waals surface area contributed by atoms with Gasteiger partial charge in [-0.2, -0.15) is 0 Å². The number of carbonyl (C=O) groups excluding carboxylic acids is 1. The quantitative estimate of drug-likeness (QED) is 0.875. The van der Waals surface area contributed by atoms with E-state index in [0.29, 0.717) is 18.5 Å². The van der Waals surface area contributed by atoms with Gasteiger partial charge < -0.3 is 10.0 Å². The van der Waals surface area contributed by atoms with E-state index >= 15 is 0 Å². The smallest absolute Gasteiger partial charge is 0.244 e. The molecule has 1 amide bonds. The number of aliphatic hydroxyl groups is 1. The third kappa shape index (κ3) is 4.30. The van der Waals surface area contributed by atoms with Crippen LogP contribution < -0.4 is 0 Å². The molecule has 1 aliphatic carbocycles. The van der Waals surface area contributed by atoms with Crippen LogP contribution in [-0.2, 0) is 4.79 Å². The maximum Gasteiger partial charge on any atom is 0.244 e. The number of rotatable bonds is 6. The Hall–Kier alpha value is -1.46. The van der Waals surface area contributed by atoms with Crippen LogP contribution in [-0.4, -0.2) is 54.1 Å². The van der Waals surface area contributed by atoms with Gasteiger partial charge in [0.05, 0.1) is 5.60 Å². The lowest BCUT2D eigenvalue weighted by Gasteiger charge is -2.31. The first-order chi connectivity index (χ1) is 10.8. The average molecular weight is 322 g/mol. The third-order valence-corrected chi connectivity index (χ3v) is 4.77. The van der Waals surface area contributed by atoms with Crippen LogP contribution in [0.15, 0.2) is 24.3 Å². The minimum absolute atomic E-state index is 0.151. The van der Waals surface area contributed by atoms with Crippen LogP contribution in [0.2, 0.25) is 0 Å². The van der Waals surface area contributed by atoms with Crippen molar-refractivity contribution in [3.8, 4) is 0 Å². The van der Waals surface area contributed by atoms with Gasteiger partial charge in [0, 0.05) is 19.2 Å². The largest absolute Gasteiger partial charge is 0.390 e. The van der Waals surface area contributed by atoms with Crippen molar-refractivity contribution in [3.05, 3.63) is 35.6 Å². The molecule has 4 nitrogen and oxygen atoms in total. The molecule has 1 fully saturated rings. The van der Waals surface area contributed by atoms with E-state index in [1.165, 1.54) is 6.07 Å². The van der Waals surface area contributed by atoms with Crippen molar-refractivity contribution in [1.29, 1.82) is 0 Å². The van der Waals surface area contributed by atoms with Crippen LogP contribution in [0.3, 0.4) is 0 Å². The number of likely N-dealkylation sites (N-methyl/N-ethyl adjacent to an activating group) is 2. The fourth-order valence-corrected chi connectivity index (χ4v) is 3.31. The fourth-order valence-electron chi connectivity index (χ4n) is 3.31. The number of hydrogen-bond acceptors (Lipinski definition) is 3. The first-order valence-electron chi connectivity index (χ1n) is 8.22. The zero-order valence-corrected chi connectivity index (χ0v) is 14.3. The van der Waals surface area contributed by atoms with E-state index in [9.17, 15) is 14.3 Å². The van der Waals surface area contributed by atoms with Crippen LogP contribution in [0.4, 0.5) is 4.39 Å². The molecule has 0 bridgehead atoms. The molecular formula is C18H27FN2O2. The number of carbonyl (C=O) groups is 1. The summed E-state index contributed by atoms with van der Waals surface area (Å²) in [4.78, 5) is 16.1. The number of amides is 1. The van der Waals surface area contributed by atoms with E-state index in [0.717, 1.165) is 25.7 Å². The monoisotopic (exact) mass is 322 g/mol. The Kier molecular flexibility index (Phi) is 5.76. The number of benzene rings is 1. The highest BCUT2D eigenvalue weighted by molar-refractivity contribution is 5.83. The number of hydrogen-bond donors (Lipinski definition) is 1. The number of nitrogens with zero attached hydrogens (tertiary/aromatic N) is 2. The van der Waals surface area contributed by atoms with Crippen molar-refractivity contribution < 1.29 is 14.3 Å². The zero-order valence-electron chi connectivity index (χ0n) is 14.3. The van der Waals surface area contributed by atoms with Crippen molar-refractivity contribution in [1.82, 2.24) is 9.80 Å². The molecule has 1 unspecified atom stereocenters. The second-order valence-corrected chi connectivity index (χ2v) is 6.83. The number of halogens is 1. The summed E-state index contributed by atoms with van der Waals surface area (Å²) in [7, 11) is 5.26. The molecule has 1 saturated carbocycles. The van der Waals surface area contributed by atoms with Crippen molar-refractivity contribution in [2.24, 2.45) is 0 Å². The summed E-state index contributed by atoms with van der Waals surface area (Å²) in [6, 6.07) is 5.73. The Labute approximate surface area is 137 Å². The molecule has 5 heteroatoms. The van der Waals surface area contributed by atoms with Crippen LogP contribution in [0.25, 0.3) is 0 Å². The maximum absolute atomic E-state index is 14.1. The predicted molar refractivity (Wildman–Crippen MR) is 88.5 cm³/mol. The van der Waals surface area contributed by atoms with Crippen LogP contribution in [0.5, 0.6) is 0 Å². The molecule has 128 valence electrons. The lowest BCUT2D eigenvalue weighted by Crippen LogP contribution is -2.41. The normalized spacial score (nSPS) is 18.2. The van der Waals surface area contributed by atoms with Gasteiger partial charge in [-0.15, -0.1) is 0 Å². The molecular weight excluding hydrogens is 295 g/mol. The van der Waals surface area contributed by atoms with Crippen molar-refractivity contribution in [3.63, 3.8) is 0 Å². The Balaban J connectivity index is 2.07. The van der Waals surface area contributed by atoms with Crippen LogP contribution in [0, 0.1) is 5.82 Å². The molecule has 0 aromatic heterocycles. The second-order valence-electron chi connectivity index (χ2n) is 6.83. The first-order valence-corrected chi connectivity index (χ1v) is 8.22. The first kappa shape index (κ1) is 17.9. The summed E-state index contributed by atoms with van der Waals surface area (Å²) >= 11 is 0. The van der Waals surface area contributed by atoms with E-state index in [1.54, 1.807) is 49.1 Å². The molecule has 0 spiro atoms. The van der Waals surface area contributed by atoms with Crippen molar-refractivity contribution in [2.45, 2.75) is 43.7 Å². The zero-order chi connectivity index (χ0) is 17.0. The van der Waals surface area contributed by atoms with Gasteiger partial charge in [-0.1, -0.05) is 31.0 Å². The van der Waals surface area contributed by atoms with E-state index in [1.807, 2.05) is 0 Å². The van der Waals surface area contributed by atoms with Gasteiger partial charge in [-0.3, -0.25) is 9.69 Å². The molecule has 1 aromatic carbocycles. The minimum atomic E-state index is -0.653. The third-order valence-electron chi connectivity index (χ3n) is 4.77. The summed E-state index contributed by atoms with van der Waals surface area (Å²) in [5.74, 6) is -0.524. The van der Waals surface area contributed by atoms with Gasteiger partial charge in [0.2, 0.25) is 5.91 Å². The molecule has 1 atom stereocenters. The van der Waals surface area contributed by atoms with Crippen molar-refractivity contribution >= 4 is 5.91 Å². The highest BCUT2D eigenvalue weighted by Gasteiger charge is 2.33. The maximum atomic E-state index is 14.1. The SMILES string of the molecule is CN(CCC1(O)CCCC1)C(=O)C(c1ccccc1F)N(C)C. The van der Waals surface area contributed by atoms with Gasteiger partial charge in [0.1, 0.15) is 11.9 Å². The molecule has 1 aromatic rings. The van der Waals surface area contributed by atoms with E-state index in [-0.39, 0.29) is 11.7 Å². The van der Waals surface area contributed by atoms with Gasteiger partial charge >= 0.3 is 0 Å². The fraction of sp³-hybridized carbons (Fsp3) is 0.611. The second kappa shape index (κ2) is 7.41.